The Morgan fingerprint density at radius 2 is 2.12 bits per heavy atom. The molecule has 17 heavy (non-hydrogen) atoms. The minimum atomic E-state index is -0.163. The second-order valence-corrected chi connectivity index (χ2v) is 3.64. The number of hydrogen-bond donors (Lipinski definition) is 2. The number of carbonyl (C=O) groups is 1. The first-order chi connectivity index (χ1) is 7.69. The molecule has 0 aliphatic carbocycles. The molecule has 1 aromatic rings. The smallest absolute Gasteiger partial charge is 0.255 e. The third-order valence-electron chi connectivity index (χ3n) is 2.07. The normalized spacial score (nSPS) is 9.35. The topological polar surface area (TPSA) is 50.4 Å². The van der Waals surface area contributed by atoms with Gasteiger partial charge in [0.1, 0.15) is 5.75 Å². The lowest BCUT2D eigenvalue weighted by Gasteiger charge is -2.09. The molecule has 0 aromatic heterocycles. The highest BCUT2D eigenvalue weighted by atomic mass is 35.5. The summed E-state index contributed by atoms with van der Waals surface area (Å²) in [7, 11) is 3.34. The minimum absolute atomic E-state index is 0. The van der Waals surface area contributed by atoms with Gasteiger partial charge in [0, 0.05) is 18.1 Å². The molecule has 0 aliphatic rings. The first-order valence-electron chi connectivity index (χ1n) is 4.95. The molecule has 96 valence electrons. The molecule has 6 heteroatoms. The van der Waals surface area contributed by atoms with Gasteiger partial charge in [0.2, 0.25) is 0 Å². The van der Waals surface area contributed by atoms with Crippen LogP contribution in [0.4, 0.5) is 0 Å². The molecule has 1 rings (SSSR count). The van der Waals surface area contributed by atoms with Crippen LogP contribution >= 0.6 is 24.0 Å². The van der Waals surface area contributed by atoms with Gasteiger partial charge in [0.25, 0.3) is 5.91 Å². The fraction of sp³-hybridized carbons (Fsp3) is 0.364. The third kappa shape index (κ3) is 4.81. The van der Waals surface area contributed by atoms with E-state index in [1.165, 1.54) is 7.11 Å². The van der Waals surface area contributed by atoms with Gasteiger partial charge in [-0.2, -0.15) is 0 Å². The Balaban J connectivity index is 0.00000256. The Morgan fingerprint density at radius 3 is 2.71 bits per heavy atom. The lowest BCUT2D eigenvalue weighted by atomic mass is 10.2. The van der Waals surface area contributed by atoms with Crippen LogP contribution in [0.5, 0.6) is 5.75 Å². The third-order valence-corrected chi connectivity index (χ3v) is 2.30. The molecule has 4 nitrogen and oxygen atoms in total. The van der Waals surface area contributed by atoms with E-state index in [-0.39, 0.29) is 18.3 Å². The van der Waals surface area contributed by atoms with Crippen LogP contribution in [-0.4, -0.2) is 33.2 Å². The van der Waals surface area contributed by atoms with Crippen LogP contribution in [0.1, 0.15) is 10.4 Å². The van der Waals surface area contributed by atoms with Crippen LogP contribution in [0.2, 0.25) is 5.02 Å². The van der Waals surface area contributed by atoms with Crippen LogP contribution < -0.4 is 15.4 Å². The number of benzene rings is 1. The molecule has 0 radical (unpaired) electrons. The van der Waals surface area contributed by atoms with Crippen molar-refractivity contribution in [3.8, 4) is 5.75 Å². The number of nitrogens with one attached hydrogen (secondary N) is 2. The van der Waals surface area contributed by atoms with Gasteiger partial charge in [-0.25, -0.2) is 0 Å². The number of methoxy groups -OCH3 is 1. The van der Waals surface area contributed by atoms with E-state index in [2.05, 4.69) is 10.6 Å². The fourth-order valence-electron chi connectivity index (χ4n) is 1.25. The van der Waals surface area contributed by atoms with E-state index in [4.69, 9.17) is 16.3 Å². The van der Waals surface area contributed by atoms with E-state index in [9.17, 15) is 4.79 Å². The van der Waals surface area contributed by atoms with Gasteiger partial charge >= 0.3 is 0 Å². The first-order valence-corrected chi connectivity index (χ1v) is 5.33. The zero-order valence-electron chi connectivity index (χ0n) is 9.75. The summed E-state index contributed by atoms with van der Waals surface area (Å²) in [6, 6.07) is 4.93. The Hall–Kier alpha value is -0.970. The molecule has 0 saturated carbocycles. The average molecular weight is 279 g/mol. The van der Waals surface area contributed by atoms with Gasteiger partial charge in [0.05, 0.1) is 12.7 Å². The summed E-state index contributed by atoms with van der Waals surface area (Å²) in [6.07, 6.45) is 0. The molecule has 0 bridgehead atoms. The molecule has 1 aromatic carbocycles. The lowest BCUT2D eigenvalue weighted by molar-refractivity contribution is 0.0951. The first kappa shape index (κ1) is 16.0. The Morgan fingerprint density at radius 1 is 1.41 bits per heavy atom. The largest absolute Gasteiger partial charge is 0.496 e. The van der Waals surface area contributed by atoms with Crippen molar-refractivity contribution in [3.05, 3.63) is 28.8 Å². The van der Waals surface area contributed by atoms with Crippen molar-refractivity contribution >= 4 is 29.9 Å². The molecule has 0 heterocycles. The van der Waals surface area contributed by atoms with Crippen molar-refractivity contribution in [3.63, 3.8) is 0 Å². The zero-order valence-corrected chi connectivity index (χ0v) is 11.3. The van der Waals surface area contributed by atoms with Crippen LogP contribution in [0.15, 0.2) is 18.2 Å². The number of ether oxygens (including phenoxy) is 1. The maximum Gasteiger partial charge on any atom is 0.255 e. The summed E-state index contributed by atoms with van der Waals surface area (Å²) in [5, 5.41) is 6.26. The predicted octanol–water partition coefficient (Wildman–Crippen LogP) is 1.72. The summed E-state index contributed by atoms with van der Waals surface area (Å²) in [6.45, 7) is 1.29. The molecule has 0 atom stereocenters. The van der Waals surface area contributed by atoms with Crippen LogP contribution in [0, 0.1) is 0 Å². The number of likely N-dealkylation sites (N-methyl/N-ethyl adjacent to an activating group) is 1. The summed E-state index contributed by atoms with van der Waals surface area (Å²) in [5.74, 6) is 0.318. The second kappa shape index (κ2) is 8.17. The predicted molar refractivity (Wildman–Crippen MR) is 71.5 cm³/mol. The molecule has 0 saturated heterocycles. The summed E-state index contributed by atoms with van der Waals surface area (Å²) in [4.78, 5) is 11.7. The lowest BCUT2D eigenvalue weighted by Crippen LogP contribution is -2.30. The molecule has 0 aliphatic heterocycles. The Bertz CT molecular complexity index is 372. The van der Waals surface area contributed by atoms with Crippen molar-refractivity contribution in [1.29, 1.82) is 0 Å². The average Bonchev–Trinajstić information content (AvgIpc) is 2.29. The van der Waals surface area contributed by atoms with E-state index >= 15 is 0 Å². The quantitative estimate of drug-likeness (QED) is 0.807. The molecule has 2 N–H and O–H groups in total. The van der Waals surface area contributed by atoms with Crippen molar-refractivity contribution in [2.24, 2.45) is 0 Å². The zero-order chi connectivity index (χ0) is 12.0. The molecule has 1 amide bonds. The van der Waals surface area contributed by atoms with E-state index in [1.807, 2.05) is 7.05 Å². The van der Waals surface area contributed by atoms with E-state index < -0.39 is 0 Å². The number of amides is 1. The van der Waals surface area contributed by atoms with Crippen molar-refractivity contribution in [2.75, 3.05) is 27.2 Å². The maximum atomic E-state index is 11.7. The number of hydrogen-bond acceptors (Lipinski definition) is 3. The molecule has 0 spiro atoms. The number of carbonyl (C=O) groups excluding carboxylic acids is 1. The highest BCUT2D eigenvalue weighted by Gasteiger charge is 2.11. The van der Waals surface area contributed by atoms with Crippen LogP contribution in [0.25, 0.3) is 0 Å². The van der Waals surface area contributed by atoms with Gasteiger partial charge in [-0.15, -0.1) is 12.4 Å². The van der Waals surface area contributed by atoms with Crippen molar-refractivity contribution in [2.45, 2.75) is 0 Å². The number of halogens is 2. The summed E-state index contributed by atoms with van der Waals surface area (Å²) < 4.78 is 5.09. The van der Waals surface area contributed by atoms with Gasteiger partial charge in [-0.1, -0.05) is 11.6 Å². The van der Waals surface area contributed by atoms with Gasteiger partial charge in [-0.05, 0) is 25.2 Å². The van der Waals surface area contributed by atoms with Crippen molar-refractivity contribution in [1.82, 2.24) is 10.6 Å². The van der Waals surface area contributed by atoms with Crippen LogP contribution in [0.3, 0.4) is 0 Å². The monoisotopic (exact) mass is 278 g/mol. The van der Waals surface area contributed by atoms with E-state index in [0.29, 0.717) is 22.9 Å². The second-order valence-electron chi connectivity index (χ2n) is 3.20. The number of rotatable bonds is 5. The van der Waals surface area contributed by atoms with Crippen molar-refractivity contribution < 1.29 is 9.53 Å². The van der Waals surface area contributed by atoms with Crippen LogP contribution in [-0.2, 0) is 0 Å². The Labute approximate surface area is 112 Å². The maximum absolute atomic E-state index is 11.7. The highest BCUT2D eigenvalue weighted by Crippen LogP contribution is 2.22. The van der Waals surface area contributed by atoms with E-state index in [1.54, 1.807) is 18.2 Å². The summed E-state index contributed by atoms with van der Waals surface area (Å²) >= 11 is 5.81. The minimum Gasteiger partial charge on any atom is -0.496 e. The fourth-order valence-corrected chi connectivity index (χ4v) is 1.41. The standard InChI is InChI=1S/C11H15ClN2O2.ClH/c1-13-5-6-14-11(15)9-4-3-8(12)7-10(9)16-2;/h3-4,7,13H,5-6H2,1-2H3,(H,14,15);1H. The highest BCUT2D eigenvalue weighted by molar-refractivity contribution is 6.30. The van der Waals surface area contributed by atoms with Gasteiger partial charge in [0.15, 0.2) is 0 Å². The Kier molecular flexibility index (Phi) is 7.70. The SMILES string of the molecule is CNCCNC(=O)c1ccc(Cl)cc1OC.Cl. The molecule has 0 fully saturated rings. The van der Waals surface area contributed by atoms with Gasteiger partial charge < -0.3 is 15.4 Å². The molecular weight excluding hydrogens is 263 g/mol. The van der Waals surface area contributed by atoms with E-state index in [0.717, 1.165) is 6.54 Å². The van der Waals surface area contributed by atoms with Gasteiger partial charge in [-0.3, -0.25) is 4.79 Å². The molecule has 0 unspecified atom stereocenters. The molecular formula is C11H16Cl2N2O2. The summed E-state index contributed by atoms with van der Waals surface area (Å²) in [5.41, 5.74) is 0.489.